The minimum absolute atomic E-state index is 0.218. The summed E-state index contributed by atoms with van der Waals surface area (Å²) in [6.45, 7) is 1.07. The maximum atomic E-state index is 13.7. The molecule has 0 atom stereocenters. The van der Waals surface area contributed by atoms with E-state index in [1.165, 1.54) is 12.1 Å². The molecule has 1 aliphatic carbocycles. The highest BCUT2D eigenvalue weighted by atomic mass is 19.1. The molecule has 0 unspecified atom stereocenters. The summed E-state index contributed by atoms with van der Waals surface area (Å²) in [5.41, 5.74) is 2.32. The number of rotatable bonds is 3. The molecule has 1 N–H and O–H groups in total. The Balaban J connectivity index is 1.66. The first-order chi connectivity index (χ1) is 11.7. The number of halogens is 1. The van der Waals surface area contributed by atoms with E-state index in [1.54, 1.807) is 12.3 Å². The third-order valence-electron chi connectivity index (χ3n) is 5.14. The van der Waals surface area contributed by atoms with Crippen molar-refractivity contribution in [2.45, 2.75) is 37.6 Å². The van der Waals surface area contributed by atoms with Gasteiger partial charge in [-0.1, -0.05) is 12.1 Å². The lowest BCUT2D eigenvalue weighted by atomic mass is 9.82. The van der Waals surface area contributed by atoms with E-state index in [1.807, 2.05) is 6.07 Å². The maximum absolute atomic E-state index is 13.7. The second kappa shape index (κ2) is 6.06. The van der Waals surface area contributed by atoms with E-state index in [0.717, 1.165) is 36.0 Å². The van der Waals surface area contributed by atoms with Crippen molar-refractivity contribution in [3.63, 3.8) is 0 Å². The number of ether oxygens (including phenoxy) is 1. The molecule has 24 heavy (non-hydrogen) atoms. The number of hydrogen-bond acceptors (Lipinski definition) is 3. The molecule has 0 radical (unpaired) electrons. The summed E-state index contributed by atoms with van der Waals surface area (Å²) < 4.78 is 24.7. The Hall–Kier alpha value is -2.14. The molecule has 4 rings (SSSR count). The number of carbonyl (C=O) groups excluding carboxylic acids is 1. The fourth-order valence-corrected chi connectivity index (χ4v) is 3.81. The number of carbonyl (C=O) groups is 1. The molecule has 1 aliphatic heterocycles. The predicted octanol–water partition coefficient (Wildman–Crippen LogP) is 3.34. The van der Waals surface area contributed by atoms with Gasteiger partial charge in [0.2, 0.25) is 0 Å². The molecule has 0 saturated carbocycles. The highest BCUT2D eigenvalue weighted by Crippen LogP contribution is 2.34. The van der Waals surface area contributed by atoms with Crippen LogP contribution in [0.5, 0.6) is 0 Å². The SMILES string of the molecule is O=C(NC1(c2cccc(F)c2)CCOCC1)c1occ2c1CCC2. The molecule has 2 aromatic rings. The molecule has 2 heterocycles. The quantitative estimate of drug-likeness (QED) is 0.939. The topological polar surface area (TPSA) is 51.5 Å². The highest BCUT2D eigenvalue weighted by molar-refractivity contribution is 5.94. The average Bonchev–Trinajstić information content (AvgIpc) is 3.19. The molecule has 1 amide bonds. The van der Waals surface area contributed by atoms with Crippen LogP contribution in [0.4, 0.5) is 4.39 Å². The van der Waals surface area contributed by atoms with Gasteiger partial charge in [-0.3, -0.25) is 4.79 Å². The van der Waals surface area contributed by atoms with E-state index in [-0.39, 0.29) is 11.7 Å². The first kappa shape index (κ1) is 15.4. The van der Waals surface area contributed by atoms with Crippen LogP contribution in [0, 0.1) is 5.82 Å². The molecule has 5 heteroatoms. The standard InChI is InChI=1S/C19H20FNO3/c20-15-5-2-4-14(11-15)19(7-9-23-10-8-19)21-18(22)17-16-6-1-3-13(16)12-24-17/h2,4-5,11-12H,1,3,6-10H2,(H,21,22). The van der Waals surface area contributed by atoms with Gasteiger partial charge in [-0.15, -0.1) is 0 Å². The highest BCUT2D eigenvalue weighted by Gasteiger charge is 2.38. The van der Waals surface area contributed by atoms with Gasteiger partial charge >= 0.3 is 0 Å². The molecular weight excluding hydrogens is 309 g/mol. The summed E-state index contributed by atoms with van der Waals surface area (Å²) in [6.07, 6.45) is 5.83. The second-order valence-corrected chi connectivity index (χ2v) is 6.58. The lowest BCUT2D eigenvalue weighted by Gasteiger charge is -2.38. The first-order valence-corrected chi connectivity index (χ1v) is 8.43. The third kappa shape index (κ3) is 2.63. The van der Waals surface area contributed by atoms with E-state index in [4.69, 9.17) is 9.15 Å². The van der Waals surface area contributed by atoms with Gasteiger partial charge in [-0.2, -0.15) is 0 Å². The number of furan rings is 1. The van der Waals surface area contributed by atoms with Crippen LogP contribution in [0.25, 0.3) is 0 Å². The molecule has 1 saturated heterocycles. The molecule has 126 valence electrons. The van der Waals surface area contributed by atoms with Crippen molar-refractivity contribution < 1.29 is 18.3 Å². The Morgan fingerprint density at radius 1 is 1.21 bits per heavy atom. The van der Waals surface area contributed by atoms with Gasteiger partial charge in [0.15, 0.2) is 5.76 Å². The Morgan fingerprint density at radius 2 is 2.04 bits per heavy atom. The second-order valence-electron chi connectivity index (χ2n) is 6.58. The van der Waals surface area contributed by atoms with E-state index < -0.39 is 5.54 Å². The van der Waals surface area contributed by atoms with Crippen molar-refractivity contribution >= 4 is 5.91 Å². The number of benzene rings is 1. The summed E-state index contributed by atoms with van der Waals surface area (Å²) in [6, 6.07) is 6.45. The van der Waals surface area contributed by atoms with E-state index >= 15 is 0 Å². The van der Waals surface area contributed by atoms with Crippen LogP contribution in [-0.4, -0.2) is 19.1 Å². The number of nitrogens with one attached hydrogen (secondary N) is 1. The van der Waals surface area contributed by atoms with Crippen molar-refractivity contribution in [3.8, 4) is 0 Å². The summed E-state index contributed by atoms with van der Waals surface area (Å²) >= 11 is 0. The Bertz CT molecular complexity index is 762. The fraction of sp³-hybridized carbons (Fsp3) is 0.421. The van der Waals surface area contributed by atoms with Crippen LogP contribution in [0.1, 0.15) is 46.5 Å². The first-order valence-electron chi connectivity index (χ1n) is 8.43. The Morgan fingerprint density at radius 3 is 2.83 bits per heavy atom. The lowest BCUT2D eigenvalue weighted by Crippen LogP contribution is -2.49. The number of aryl methyl sites for hydroxylation is 1. The van der Waals surface area contributed by atoms with Crippen LogP contribution < -0.4 is 5.32 Å². The van der Waals surface area contributed by atoms with Crippen LogP contribution in [0.2, 0.25) is 0 Å². The number of fused-ring (bicyclic) bond motifs is 1. The summed E-state index contributed by atoms with van der Waals surface area (Å²) in [4.78, 5) is 12.9. The van der Waals surface area contributed by atoms with Crippen molar-refractivity contribution in [2.75, 3.05) is 13.2 Å². The van der Waals surface area contributed by atoms with E-state index in [9.17, 15) is 9.18 Å². The zero-order valence-electron chi connectivity index (χ0n) is 13.4. The molecule has 1 aromatic carbocycles. The zero-order valence-corrected chi connectivity index (χ0v) is 13.4. The van der Waals surface area contributed by atoms with Crippen LogP contribution in [0.15, 0.2) is 34.9 Å². The van der Waals surface area contributed by atoms with Crippen molar-refractivity contribution in [1.82, 2.24) is 5.32 Å². The maximum Gasteiger partial charge on any atom is 0.287 e. The van der Waals surface area contributed by atoms with Gasteiger partial charge in [-0.05, 0) is 55.4 Å². The minimum atomic E-state index is -0.615. The minimum Gasteiger partial charge on any atom is -0.459 e. The zero-order chi connectivity index (χ0) is 16.6. The summed E-state index contributed by atoms with van der Waals surface area (Å²) in [5, 5.41) is 3.13. The van der Waals surface area contributed by atoms with Gasteiger partial charge < -0.3 is 14.5 Å². The van der Waals surface area contributed by atoms with E-state index in [0.29, 0.717) is 31.8 Å². The van der Waals surface area contributed by atoms with Crippen LogP contribution in [-0.2, 0) is 23.1 Å². The van der Waals surface area contributed by atoms with Crippen molar-refractivity contribution in [3.05, 3.63) is 58.8 Å². The monoisotopic (exact) mass is 329 g/mol. The van der Waals surface area contributed by atoms with Gasteiger partial charge in [0.1, 0.15) is 5.82 Å². The van der Waals surface area contributed by atoms with Crippen molar-refractivity contribution in [2.24, 2.45) is 0 Å². The molecule has 2 aliphatic rings. The summed E-state index contributed by atoms with van der Waals surface area (Å²) in [5.74, 6) is -0.111. The van der Waals surface area contributed by atoms with Crippen LogP contribution in [0.3, 0.4) is 0 Å². The summed E-state index contributed by atoms with van der Waals surface area (Å²) in [7, 11) is 0. The third-order valence-corrected chi connectivity index (χ3v) is 5.14. The molecule has 1 fully saturated rings. The average molecular weight is 329 g/mol. The molecule has 0 bridgehead atoms. The van der Waals surface area contributed by atoms with Crippen molar-refractivity contribution in [1.29, 1.82) is 0 Å². The lowest BCUT2D eigenvalue weighted by molar-refractivity contribution is 0.0336. The normalized spacial score (nSPS) is 19.0. The van der Waals surface area contributed by atoms with Gasteiger partial charge in [0.25, 0.3) is 5.91 Å². The largest absolute Gasteiger partial charge is 0.459 e. The number of hydrogen-bond donors (Lipinski definition) is 1. The molecule has 1 aromatic heterocycles. The van der Waals surface area contributed by atoms with Gasteiger partial charge in [-0.25, -0.2) is 4.39 Å². The smallest absolute Gasteiger partial charge is 0.287 e. The predicted molar refractivity (Wildman–Crippen MR) is 86.3 cm³/mol. The molecule has 4 nitrogen and oxygen atoms in total. The molecule has 0 spiro atoms. The fourth-order valence-electron chi connectivity index (χ4n) is 3.81. The Kier molecular flexibility index (Phi) is 3.88. The Labute approximate surface area is 140 Å². The number of amides is 1. The van der Waals surface area contributed by atoms with Gasteiger partial charge in [0.05, 0.1) is 11.8 Å². The molecular formula is C19H20FNO3. The van der Waals surface area contributed by atoms with Gasteiger partial charge in [0, 0.05) is 18.8 Å². The van der Waals surface area contributed by atoms with Crippen LogP contribution >= 0.6 is 0 Å². The van der Waals surface area contributed by atoms with E-state index in [2.05, 4.69) is 5.32 Å².